The molecule has 16 heavy (non-hydrogen) atoms. The van der Waals surface area contributed by atoms with Crippen molar-refractivity contribution in [2.75, 3.05) is 18.6 Å². The van der Waals surface area contributed by atoms with Crippen LogP contribution in [0.1, 0.15) is 16.9 Å². The Labute approximate surface area is 92.5 Å². The number of rotatable bonds is 2. The third-order valence-corrected chi connectivity index (χ3v) is 2.46. The molecule has 0 N–H and O–H groups in total. The number of nitrogens with zero attached hydrogens (tertiary/aromatic N) is 4. The highest BCUT2D eigenvalue weighted by Gasteiger charge is 2.30. The zero-order valence-electron chi connectivity index (χ0n) is 8.75. The van der Waals surface area contributed by atoms with Crippen molar-refractivity contribution in [1.82, 2.24) is 9.97 Å². The first-order valence-corrected chi connectivity index (χ1v) is 4.84. The maximum atomic E-state index is 11.2. The summed E-state index contributed by atoms with van der Waals surface area (Å²) >= 11 is 0. The van der Waals surface area contributed by atoms with E-state index in [9.17, 15) is 4.79 Å². The van der Waals surface area contributed by atoms with Crippen molar-refractivity contribution >= 4 is 11.9 Å². The normalized spacial score (nSPS) is 18.5. The van der Waals surface area contributed by atoms with Gasteiger partial charge in [0.25, 0.3) is 0 Å². The molecule has 82 valence electrons. The van der Waals surface area contributed by atoms with Crippen LogP contribution in [0.2, 0.25) is 0 Å². The van der Waals surface area contributed by atoms with Gasteiger partial charge in [-0.15, -0.1) is 0 Å². The molecule has 1 fully saturated rings. The van der Waals surface area contributed by atoms with Crippen LogP contribution in [-0.2, 0) is 4.74 Å². The van der Waals surface area contributed by atoms with Gasteiger partial charge in [0.2, 0.25) is 5.95 Å². The van der Waals surface area contributed by atoms with Gasteiger partial charge in [0.1, 0.15) is 6.04 Å². The van der Waals surface area contributed by atoms with Crippen molar-refractivity contribution in [1.29, 1.82) is 5.26 Å². The lowest BCUT2D eigenvalue weighted by Crippen LogP contribution is -2.47. The van der Waals surface area contributed by atoms with Crippen LogP contribution in [0.15, 0.2) is 12.3 Å². The number of anilines is 1. The largest absolute Gasteiger partial charge is 0.464 e. The minimum Gasteiger partial charge on any atom is -0.464 e. The molecule has 6 heteroatoms. The van der Waals surface area contributed by atoms with Crippen molar-refractivity contribution in [3.8, 4) is 6.07 Å². The van der Waals surface area contributed by atoms with Crippen LogP contribution < -0.4 is 4.90 Å². The molecule has 1 unspecified atom stereocenters. The number of carbonyl (C=O) groups is 1. The van der Waals surface area contributed by atoms with Crippen LogP contribution in [-0.4, -0.2) is 35.6 Å². The predicted octanol–water partition coefficient (Wildman–Crippen LogP) is 0.365. The fourth-order valence-corrected chi connectivity index (χ4v) is 1.47. The first kappa shape index (κ1) is 10.4. The lowest BCUT2D eigenvalue weighted by atomic mass is 10.1. The number of hydrogen-bond acceptors (Lipinski definition) is 6. The number of esters is 1. The van der Waals surface area contributed by atoms with Gasteiger partial charge in [-0.1, -0.05) is 0 Å². The molecule has 0 bridgehead atoms. The third kappa shape index (κ3) is 1.67. The van der Waals surface area contributed by atoms with Crippen LogP contribution in [0.25, 0.3) is 0 Å². The Kier molecular flexibility index (Phi) is 2.68. The second kappa shape index (κ2) is 4.14. The van der Waals surface area contributed by atoms with Crippen molar-refractivity contribution in [3.63, 3.8) is 0 Å². The van der Waals surface area contributed by atoms with Crippen LogP contribution in [0, 0.1) is 11.3 Å². The first-order chi connectivity index (χ1) is 7.76. The van der Waals surface area contributed by atoms with E-state index in [4.69, 9.17) is 5.26 Å². The average Bonchev–Trinajstić information content (AvgIpc) is 2.27. The topological polar surface area (TPSA) is 79.1 Å². The van der Waals surface area contributed by atoms with Gasteiger partial charge in [-0.3, -0.25) is 0 Å². The summed E-state index contributed by atoms with van der Waals surface area (Å²) in [5.41, 5.74) is 0.205. The van der Waals surface area contributed by atoms with E-state index in [1.807, 2.05) is 0 Å². The highest BCUT2D eigenvalue weighted by Crippen LogP contribution is 2.22. The Balaban J connectivity index is 2.23. The summed E-state index contributed by atoms with van der Waals surface area (Å²) in [5, 5.41) is 8.80. The van der Waals surface area contributed by atoms with Gasteiger partial charge in [-0.2, -0.15) is 5.26 Å². The molecule has 1 aromatic heterocycles. The maximum Gasteiger partial charge on any atom is 0.356 e. The zero-order valence-corrected chi connectivity index (χ0v) is 8.75. The van der Waals surface area contributed by atoms with Gasteiger partial charge >= 0.3 is 5.97 Å². The Hall–Kier alpha value is -2.16. The molecule has 0 saturated carbocycles. The van der Waals surface area contributed by atoms with E-state index < -0.39 is 5.97 Å². The molecule has 0 radical (unpaired) electrons. The van der Waals surface area contributed by atoms with Crippen LogP contribution in [0.4, 0.5) is 5.95 Å². The zero-order chi connectivity index (χ0) is 11.5. The monoisotopic (exact) mass is 218 g/mol. The molecule has 0 aromatic carbocycles. The Morgan fingerprint density at radius 1 is 1.75 bits per heavy atom. The predicted molar refractivity (Wildman–Crippen MR) is 54.7 cm³/mol. The molecular formula is C10H10N4O2. The van der Waals surface area contributed by atoms with Gasteiger partial charge < -0.3 is 9.64 Å². The molecule has 0 aliphatic carbocycles. The van der Waals surface area contributed by atoms with Crippen molar-refractivity contribution < 1.29 is 9.53 Å². The number of methoxy groups -OCH3 is 1. The van der Waals surface area contributed by atoms with E-state index in [0.29, 0.717) is 5.95 Å². The minimum atomic E-state index is -0.502. The number of carbonyl (C=O) groups excluding carboxylic acids is 1. The molecule has 0 spiro atoms. The Morgan fingerprint density at radius 2 is 2.56 bits per heavy atom. The van der Waals surface area contributed by atoms with Crippen LogP contribution >= 0.6 is 0 Å². The summed E-state index contributed by atoms with van der Waals surface area (Å²) in [6.45, 7) is 0.739. The average molecular weight is 218 g/mol. The SMILES string of the molecule is COC(=O)c1ccnc(N2CCC2C#N)n1. The van der Waals surface area contributed by atoms with E-state index in [1.165, 1.54) is 19.4 Å². The number of ether oxygens (including phenoxy) is 1. The summed E-state index contributed by atoms with van der Waals surface area (Å²) in [4.78, 5) is 21.1. The lowest BCUT2D eigenvalue weighted by Gasteiger charge is -2.36. The smallest absolute Gasteiger partial charge is 0.356 e. The molecule has 1 aliphatic rings. The van der Waals surface area contributed by atoms with E-state index in [1.54, 1.807) is 4.90 Å². The summed E-state index contributed by atoms with van der Waals surface area (Å²) in [7, 11) is 1.30. The van der Waals surface area contributed by atoms with Gasteiger partial charge in [-0.25, -0.2) is 14.8 Å². The van der Waals surface area contributed by atoms with E-state index >= 15 is 0 Å². The third-order valence-electron chi connectivity index (χ3n) is 2.46. The van der Waals surface area contributed by atoms with Gasteiger partial charge in [0.05, 0.1) is 13.2 Å². The van der Waals surface area contributed by atoms with E-state index in [0.717, 1.165) is 13.0 Å². The number of nitriles is 1. The fourth-order valence-electron chi connectivity index (χ4n) is 1.47. The molecule has 1 aromatic rings. The molecule has 6 nitrogen and oxygen atoms in total. The van der Waals surface area contributed by atoms with Crippen LogP contribution in [0.3, 0.4) is 0 Å². The standard InChI is InChI=1S/C10H10N4O2/c1-16-9(15)8-2-4-12-10(13-8)14-5-3-7(14)6-11/h2,4,7H,3,5H2,1H3. The molecule has 1 atom stereocenters. The Bertz CT molecular complexity index is 454. The van der Waals surface area contributed by atoms with Crippen molar-refractivity contribution in [2.45, 2.75) is 12.5 Å². The van der Waals surface area contributed by atoms with Crippen molar-refractivity contribution in [2.24, 2.45) is 0 Å². The fraction of sp³-hybridized carbons (Fsp3) is 0.400. The molecule has 1 saturated heterocycles. The quantitative estimate of drug-likeness (QED) is 0.667. The second-order valence-electron chi connectivity index (χ2n) is 3.36. The van der Waals surface area contributed by atoms with Crippen LogP contribution in [0.5, 0.6) is 0 Å². The number of hydrogen-bond donors (Lipinski definition) is 0. The molecule has 0 amide bonds. The highest BCUT2D eigenvalue weighted by atomic mass is 16.5. The summed E-state index contributed by atoms with van der Waals surface area (Å²) in [5.74, 6) is -0.0987. The van der Waals surface area contributed by atoms with Gasteiger partial charge in [0.15, 0.2) is 5.69 Å². The molecule has 2 heterocycles. The Morgan fingerprint density at radius 3 is 3.12 bits per heavy atom. The summed E-state index contributed by atoms with van der Waals surface area (Å²) < 4.78 is 4.56. The maximum absolute atomic E-state index is 11.2. The van der Waals surface area contributed by atoms with Gasteiger partial charge in [0, 0.05) is 12.7 Å². The first-order valence-electron chi connectivity index (χ1n) is 4.84. The minimum absolute atomic E-state index is 0.187. The molecular weight excluding hydrogens is 208 g/mol. The van der Waals surface area contributed by atoms with Crippen molar-refractivity contribution in [3.05, 3.63) is 18.0 Å². The lowest BCUT2D eigenvalue weighted by molar-refractivity contribution is 0.0594. The highest BCUT2D eigenvalue weighted by molar-refractivity contribution is 5.87. The number of aromatic nitrogens is 2. The summed E-state index contributed by atoms with van der Waals surface area (Å²) in [6, 6.07) is 3.44. The van der Waals surface area contributed by atoms with Gasteiger partial charge in [-0.05, 0) is 12.5 Å². The second-order valence-corrected chi connectivity index (χ2v) is 3.36. The summed E-state index contributed by atoms with van der Waals surface area (Å²) in [6.07, 6.45) is 2.30. The van der Waals surface area contributed by atoms with E-state index in [2.05, 4.69) is 20.8 Å². The molecule has 1 aliphatic heterocycles. The van der Waals surface area contributed by atoms with E-state index in [-0.39, 0.29) is 11.7 Å². The molecule has 2 rings (SSSR count).